The van der Waals surface area contributed by atoms with Crippen molar-refractivity contribution in [2.75, 3.05) is 13.9 Å². The van der Waals surface area contributed by atoms with Crippen LogP contribution in [0.15, 0.2) is 12.7 Å². The monoisotopic (exact) mass is 214 g/mol. The maximum absolute atomic E-state index is 5.71. The number of hydrogen-bond acceptors (Lipinski definition) is 2. The molecule has 15 heavy (non-hydrogen) atoms. The van der Waals surface area contributed by atoms with Crippen LogP contribution in [0.4, 0.5) is 0 Å². The van der Waals surface area contributed by atoms with Crippen LogP contribution in [0.25, 0.3) is 0 Å². The molecule has 0 rings (SSSR count). The van der Waals surface area contributed by atoms with E-state index in [0.717, 1.165) is 6.42 Å². The third kappa shape index (κ3) is 5.95. The Morgan fingerprint density at radius 3 is 2.40 bits per heavy atom. The zero-order valence-electron chi connectivity index (χ0n) is 10.7. The van der Waals surface area contributed by atoms with Crippen LogP contribution in [0.2, 0.25) is 0 Å². The van der Waals surface area contributed by atoms with Gasteiger partial charge in [-0.2, -0.15) is 0 Å². The first kappa shape index (κ1) is 14.7. The number of unbranched alkanes of at least 4 members (excludes halogenated alkanes) is 1. The molecule has 0 amide bonds. The topological polar surface area (TPSA) is 18.5 Å². The molecule has 0 aromatic carbocycles. The van der Waals surface area contributed by atoms with Crippen LogP contribution in [0, 0.1) is 11.8 Å². The third-order valence-corrected chi connectivity index (χ3v) is 2.65. The van der Waals surface area contributed by atoms with E-state index in [9.17, 15) is 0 Å². The molecule has 0 bridgehead atoms. The average Bonchev–Trinajstić information content (AvgIpc) is 2.22. The molecule has 0 heterocycles. The minimum atomic E-state index is 0.231. The van der Waals surface area contributed by atoms with E-state index in [1.165, 1.54) is 12.8 Å². The zero-order chi connectivity index (χ0) is 11.7. The van der Waals surface area contributed by atoms with Gasteiger partial charge in [0.05, 0.1) is 6.10 Å². The Bertz CT molecular complexity index is 155. The molecule has 0 fully saturated rings. The molecule has 0 saturated carbocycles. The maximum Gasteiger partial charge on any atom is 0.146 e. The van der Waals surface area contributed by atoms with Crippen LogP contribution >= 0.6 is 0 Å². The largest absolute Gasteiger partial charge is 0.359 e. The fraction of sp³-hybridized carbons (Fsp3) is 0.846. The lowest BCUT2D eigenvalue weighted by Crippen LogP contribution is -2.29. The first-order chi connectivity index (χ1) is 7.17. The second kappa shape index (κ2) is 8.93. The lowest BCUT2D eigenvalue weighted by molar-refractivity contribution is -0.102. The number of methoxy groups -OCH3 is 1. The highest BCUT2D eigenvalue weighted by Gasteiger charge is 2.22. The molecule has 2 atom stereocenters. The molecule has 0 saturated heterocycles. The van der Waals surface area contributed by atoms with E-state index >= 15 is 0 Å². The van der Waals surface area contributed by atoms with Crippen LogP contribution in [0.5, 0.6) is 0 Å². The average molecular weight is 214 g/mol. The Morgan fingerprint density at radius 1 is 1.33 bits per heavy atom. The van der Waals surface area contributed by atoms with E-state index in [2.05, 4.69) is 27.4 Å². The summed E-state index contributed by atoms with van der Waals surface area (Å²) in [5.41, 5.74) is 0. The quantitative estimate of drug-likeness (QED) is 0.431. The van der Waals surface area contributed by atoms with Crippen LogP contribution < -0.4 is 0 Å². The molecule has 0 aliphatic rings. The second-order valence-corrected chi connectivity index (χ2v) is 4.32. The van der Waals surface area contributed by atoms with Crippen LogP contribution in [0.3, 0.4) is 0 Å². The second-order valence-electron chi connectivity index (χ2n) is 4.32. The molecule has 0 radical (unpaired) electrons. The first-order valence-electron chi connectivity index (χ1n) is 5.90. The third-order valence-electron chi connectivity index (χ3n) is 2.65. The van der Waals surface area contributed by atoms with Gasteiger partial charge in [-0.3, -0.25) is 0 Å². The van der Waals surface area contributed by atoms with Gasteiger partial charge in [0, 0.05) is 13.0 Å². The Balaban J connectivity index is 4.20. The number of rotatable bonds is 9. The van der Waals surface area contributed by atoms with Crippen molar-refractivity contribution in [3.8, 4) is 0 Å². The van der Waals surface area contributed by atoms with Gasteiger partial charge in [-0.1, -0.05) is 39.7 Å². The van der Waals surface area contributed by atoms with Crippen LogP contribution in [-0.2, 0) is 9.47 Å². The molecule has 0 aliphatic heterocycles. The number of hydrogen-bond donors (Lipinski definition) is 0. The summed E-state index contributed by atoms with van der Waals surface area (Å²) in [6.45, 7) is 10.9. The fourth-order valence-corrected chi connectivity index (χ4v) is 1.81. The van der Waals surface area contributed by atoms with Gasteiger partial charge in [-0.05, 0) is 12.3 Å². The van der Waals surface area contributed by atoms with Crippen molar-refractivity contribution in [3.63, 3.8) is 0 Å². The number of ether oxygens (including phenoxy) is 2. The van der Waals surface area contributed by atoms with E-state index in [1.54, 1.807) is 7.11 Å². The van der Waals surface area contributed by atoms with Gasteiger partial charge in [0.1, 0.15) is 6.79 Å². The van der Waals surface area contributed by atoms with Crippen molar-refractivity contribution in [2.24, 2.45) is 11.8 Å². The van der Waals surface area contributed by atoms with Crippen molar-refractivity contribution in [3.05, 3.63) is 12.7 Å². The van der Waals surface area contributed by atoms with Crippen molar-refractivity contribution < 1.29 is 9.47 Å². The summed E-state index contributed by atoms with van der Waals surface area (Å²) in [6.07, 6.45) is 5.87. The van der Waals surface area contributed by atoms with E-state index in [1.807, 2.05) is 6.08 Å². The first-order valence-corrected chi connectivity index (χ1v) is 5.90. The van der Waals surface area contributed by atoms with Gasteiger partial charge in [0.25, 0.3) is 0 Å². The minimum Gasteiger partial charge on any atom is -0.359 e. The van der Waals surface area contributed by atoms with Crippen molar-refractivity contribution >= 4 is 0 Å². The summed E-state index contributed by atoms with van der Waals surface area (Å²) >= 11 is 0. The molecule has 0 aliphatic carbocycles. The maximum atomic E-state index is 5.71. The Hall–Kier alpha value is -0.340. The summed E-state index contributed by atoms with van der Waals surface area (Å²) in [6, 6.07) is 0. The predicted octanol–water partition coefficient (Wildman–Crippen LogP) is 3.62. The van der Waals surface area contributed by atoms with Gasteiger partial charge in [0.15, 0.2) is 0 Å². The highest BCUT2D eigenvalue weighted by atomic mass is 16.7. The molecular weight excluding hydrogens is 188 g/mol. The highest BCUT2D eigenvalue weighted by molar-refractivity contribution is 4.86. The molecule has 0 spiro atoms. The van der Waals surface area contributed by atoms with Gasteiger partial charge in [-0.25, -0.2) is 0 Å². The van der Waals surface area contributed by atoms with Crippen molar-refractivity contribution in [1.82, 2.24) is 0 Å². The summed E-state index contributed by atoms with van der Waals surface area (Å²) < 4.78 is 10.7. The molecule has 0 aromatic heterocycles. The van der Waals surface area contributed by atoms with E-state index < -0.39 is 0 Å². The molecule has 0 aromatic rings. The van der Waals surface area contributed by atoms with Gasteiger partial charge >= 0.3 is 0 Å². The fourth-order valence-electron chi connectivity index (χ4n) is 1.81. The summed E-state index contributed by atoms with van der Waals surface area (Å²) in [5, 5.41) is 0. The molecule has 0 N–H and O–H groups in total. The minimum absolute atomic E-state index is 0.231. The van der Waals surface area contributed by atoms with Crippen molar-refractivity contribution in [2.45, 2.75) is 46.1 Å². The summed E-state index contributed by atoms with van der Waals surface area (Å²) in [7, 11) is 1.66. The Kier molecular flexibility index (Phi) is 8.73. The van der Waals surface area contributed by atoms with Crippen LogP contribution in [-0.4, -0.2) is 20.0 Å². The SMILES string of the molecule is C=C[C@@H](CCCC)[C@H](OCOC)C(C)C. The Morgan fingerprint density at radius 2 is 2.00 bits per heavy atom. The van der Waals surface area contributed by atoms with Crippen LogP contribution in [0.1, 0.15) is 40.0 Å². The molecular formula is C13H26O2. The van der Waals surface area contributed by atoms with Gasteiger partial charge < -0.3 is 9.47 Å². The highest BCUT2D eigenvalue weighted by Crippen LogP contribution is 2.23. The van der Waals surface area contributed by atoms with E-state index in [0.29, 0.717) is 18.6 Å². The smallest absolute Gasteiger partial charge is 0.146 e. The molecule has 2 nitrogen and oxygen atoms in total. The normalized spacial score (nSPS) is 15.3. The van der Waals surface area contributed by atoms with Crippen molar-refractivity contribution in [1.29, 1.82) is 0 Å². The van der Waals surface area contributed by atoms with E-state index in [-0.39, 0.29) is 6.10 Å². The lowest BCUT2D eigenvalue weighted by Gasteiger charge is -2.27. The van der Waals surface area contributed by atoms with Gasteiger partial charge in [-0.15, -0.1) is 6.58 Å². The predicted molar refractivity (Wildman–Crippen MR) is 64.8 cm³/mol. The molecule has 0 unspecified atom stereocenters. The Labute approximate surface area is 94.7 Å². The van der Waals surface area contributed by atoms with Gasteiger partial charge in [0.2, 0.25) is 0 Å². The standard InChI is InChI=1S/C13H26O2/c1-6-8-9-12(7-2)13(11(3)4)15-10-14-5/h7,11-13H,2,6,8-10H2,1,3-5H3/t12-,13+/m0/s1. The lowest BCUT2D eigenvalue weighted by atomic mass is 9.89. The molecule has 90 valence electrons. The van der Waals surface area contributed by atoms with E-state index in [4.69, 9.17) is 9.47 Å². The zero-order valence-corrected chi connectivity index (χ0v) is 10.7. The summed E-state index contributed by atoms with van der Waals surface area (Å²) in [5.74, 6) is 0.945. The molecule has 2 heteroatoms. The summed E-state index contributed by atoms with van der Waals surface area (Å²) in [4.78, 5) is 0.